The number of carbonyl (C=O) groups is 1. The van der Waals surface area contributed by atoms with E-state index in [-0.39, 0.29) is 22.9 Å². The molecule has 2 nitrogen and oxygen atoms in total. The molecular formula is C9H7F3O2S2. The summed E-state index contributed by atoms with van der Waals surface area (Å²) in [5.74, 6) is -0.348. The molecule has 16 heavy (non-hydrogen) atoms. The van der Waals surface area contributed by atoms with Crippen molar-refractivity contribution < 1.29 is 22.1 Å². The molecule has 0 heterocycles. The molecule has 0 aliphatic carbocycles. The van der Waals surface area contributed by atoms with Crippen LogP contribution in [0.4, 0.5) is 13.2 Å². The molecule has 0 saturated heterocycles. The molecule has 0 spiro atoms. The van der Waals surface area contributed by atoms with Crippen molar-refractivity contribution in [2.45, 2.75) is 11.3 Å². The van der Waals surface area contributed by atoms with Crippen LogP contribution in [0.5, 0.6) is 0 Å². The molecule has 0 aliphatic heterocycles. The third-order valence-electron chi connectivity index (χ3n) is 1.31. The second kappa shape index (κ2) is 6.17. The lowest BCUT2D eigenvalue weighted by Gasteiger charge is -2.04. The predicted octanol–water partition coefficient (Wildman–Crippen LogP) is 3.49. The van der Waals surface area contributed by atoms with Crippen LogP contribution >= 0.6 is 23.8 Å². The number of carbonyl (C=O) groups excluding carboxylic acids is 1. The van der Waals surface area contributed by atoms with E-state index in [2.05, 4.69) is 4.18 Å². The normalized spacial score (nSPS) is 11.4. The highest BCUT2D eigenvalue weighted by atomic mass is 32.2. The number of rotatable bonds is 4. The number of hydrogen-bond acceptors (Lipinski definition) is 4. The summed E-state index contributed by atoms with van der Waals surface area (Å²) in [6.07, 6.45) is -4.71. The van der Waals surface area contributed by atoms with Gasteiger partial charge < -0.3 is 0 Å². The zero-order valence-electron chi connectivity index (χ0n) is 7.86. The quantitative estimate of drug-likeness (QED) is 0.617. The lowest BCUT2D eigenvalue weighted by molar-refractivity contribution is -0.266. The highest BCUT2D eigenvalue weighted by molar-refractivity contribution is 8.15. The monoisotopic (exact) mass is 268 g/mol. The Balaban J connectivity index is 2.27. The summed E-state index contributed by atoms with van der Waals surface area (Å²) in [6, 6.07) is 8.69. The molecule has 0 saturated carbocycles. The Morgan fingerprint density at radius 3 is 2.44 bits per heavy atom. The molecule has 0 N–H and O–H groups in total. The van der Waals surface area contributed by atoms with Crippen LogP contribution in [0, 0.1) is 0 Å². The number of benzene rings is 1. The minimum Gasteiger partial charge on any atom is -0.286 e. The summed E-state index contributed by atoms with van der Waals surface area (Å²) in [5, 5.41) is -0.388. The van der Waals surface area contributed by atoms with Crippen LogP contribution in [-0.4, -0.2) is 17.2 Å². The van der Waals surface area contributed by atoms with Crippen LogP contribution in [0.3, 0.4) is 0 Å². The van der Waals surface area contributed by atoms with Gasteiger partial charge in [-0.3, -0.25) is 4.79 Å². The van der Waals surface area contributed by atoms with Crippen LogP contribution in [0.25, 0.3) is 0 Å². The zero-order valence-corrected chi connectivity index (χ0v) is 9.49. The van der Waals surface area contributed by atoms with Crippen molar-refractivity contribution >= 4 is 28.9 Å². The Morgan fingerprint density at radius 2 is 1.88 bits per heavy atom. The van der Waals surface area contributed by atoms with Crippen molar-refractivity contribution in [3.63, 3.8) is 0 Å². The Kier molecular flexibility index (Phi) is 5.17. The lowest BCUT2D eigenvalue weighted by atomic mass is 10.4. The van der Waals surface area contributed by atoms with E-state index < -0.39 is 6.36 Å². The Labute approximate surface area is 98.8 Å². The third-order valence-corrected chi connectivity index (χ3v) is 3.05. The second-order valence-electron chi connectivity index (χ2n) is 2.58. The van der Waals surface area contributed by atoms with Crippen molar-refractivity contribution in [3.8, 4) is 0 Å². The van der Waals surface area contributed by atoms with Gasteiger partial charge in [0.2, 0.25) is 5.12 Å². The maximum Gasteiger partial charge on any atom is 0.533 e. The molecule has 0 unspecified atom stereocenters. The molecule has 0 radical (unpaired) electrons. The van der Waals surface area contributed by atoms with Crippen LogP contribution in [0.2, 0.25) is 0 Å². The summed E-state index contributed by atoms with van der Waals surface area (Å²) < 4.78 is 38.1. The molecule has 1 aromatic rings. The fraction of sp³-hybridized carbons (Fsp3) is 0.222. The SMILES string of the molecule is O=C(CSOC(F)(F)F)Sc1ccccc1. The summed E-state index contributed by atoms with van der Waals surface area (Å²) in [6.45, 7) is 0. The van der Waals surface area contributed by atoms with E-state index in [0.717, 1.165) is 11.8 Å². The minimum absolute atomic E-state index is 0.0922. The van der Waals surface area contributed by atoms with Crippen molar-refractivity contribution in [3.05, 3.63) is 30.3 Å². The Hall–Kier alpha value is -0.660. The molecular weight excluding hydrogens is 261 g/mol. The van der Waals surface area contributed by atoms with Crippen LogP contribution < -0.4 is 0 Å². The first-order chi connectivity index (χ1) is 7.47. The molecule has 0 fully saturated rings. The van der Waals surface area contributed by atoms with Crippen molar-refractivity contribution in [2.24, 2.45) is 0 Å². The molecule has 0 atom stereocenters. The average Bonchev–Trinajstić information content (AvgIpc) is 2.17. The van der Waals surface area contributed by atoms with Crippen molar-refractivity contribution in [1.29, 1.82) is 0 Å². The van der Waals surface area contributed by atoms with E-state index >= 15 is 0 Å². The highest BCUT2D eigenvalue weighted by Gasteiger charge is 2.30. The van der Waals surface area contributed by atoms with Gasteiger partial charge in [0.1, 0.15) is 0 Å². The van der Waals surface area contributed by atoms with Gasteiger partial charge in [0.25, 0.3) is 0 Å². The highest BCUT2D eigenvalue weighted by Crippen LogP contribution is 2.26. The van der Waals surface area contributed by atoms with Gasteiger partial charge in [-0.1, -0.05) is 30.0 Å². The number of hydrogen-bond donors (Lipinski definition) is 0. The Bertz CT molecular complexity index is 340. The van der Waals surface area contributed by atoms with E-state index in [4.69, 9.17) is 0 Å². The van der Waals surface area contributed by atoms with Crippen molar-refractivity contribution in [1.82, 2.24) is 0 Å². The Morgan fingerprint density at radius 1 is 1.25 bits per heavy atom. The molecule has 0 bridgehead atoms. The van der Waals surface area contributed by atoms with Crippen LogP contribution in [0.15, 0.2) is 35.2 Å². The fourth-order valence-corrected chi connectivity index (χ4v) is 2.02. The molecule has 0 amide bonds. The van der Waals surface area contributed by atoms with Gasteiger partial charge in [-0.2, -0.15) is 0 Å². The van der Waals surface area contributed by atoms with Gasteiger partial charge in [0, 0.05) is 16.9 Å². The van der Waals surface area contributed by atoms with Gasteiger partial charge >= 0.3 is 6.36 Å². The van der Waals surface area contributed by atoms with E-state index in [1.54, 1.807) is 30.3 Å². The maximum absolute atomic E-state index is 11.6. The molecule has 88 valence electrons. The third kappa shape index (κ3) is 6.04. The predicted molar refractivity (Wildman–Crippen MR) is 56.9 cm³/mol. The van der Waals surface area contributed by atoms with Gasteiger partial charge in [-0.25, -0.2) is 4.18 Å². The fourth-order valence-electron chi connectivity index (χ4n) is 0.794. The second-order valence-corrected chi connectivity index (χ2v) is 4.40. The van der Waals surface area contributed by atoms with Crippen molar-refractivity contribution in [2.75, 3.05) is 5.75 Å². The summed E-state index contributed by atoms with van der Waals surface area (Å²) in [5.41, 5.74) is 0. The maximum atomic E-state index is 11.6. The first-order valence-electron chi connectivity index (χ1n) is 4.10. The molecule has 0 aromatic heterocycles. The molecule has 0 aliphatic rings. The minimum atomic E-state index is -4.71. The number of halogens is 3. The van der Waals surface area contributed by atoms with Gasteiger partial charge in [0.05, 0.1) is 5.75 Å². The van der Waals surface area contributed by atoms with Gasteiger partial charge in [-0.05, 0) is 12.1 Å². The van der Waals surface area contributed by atoms with E-state index in [1.807, 2.05) is 0 Å². The average molecular weight is 268 g/mol. The molecule has 7 heteroatoms. The number of alkyl halides is 3. The van der Waals surface area contributed by atoms with Crippen LogP contribution in [-0.2, 0) is 8.98 Å². The smallest absolute Gasteiger partial charge is 0.286 e. The largest absolute Gasteiger partial charge is 0.533 e. The first-order valence-corrected chi connectivity index (χ1v) is 5.83. The summed E-state index contributed by atoms with van der Waals surface area (Å²) in [4.78, 5) is 11.9. The molecule has 1 rings (SSSR count). The van der Waals surface area contributed by atoms with Gasteiger partial charge in [0.15, 0.2) is 0 Å². The van der Waals surface area contributed by atoms with E-state index in [1.165, 1.54) is 0 Å². The van der Waals surface area contributed by atoms with Gasteiger partial charge in [-0.15, -0.1) is 13.2 Å². The van der Waals surface area contributed by atoms with Crippen LogP contribution in [0.1, 0.15) is 0 Å². The summed E-state index contributed by atoms with van der Waals surface area (Å²) >= 11 is 0.979. The first kappa shape index (κ1) is 13.4. The lowest BCUT2D eigenvalue weighted by Crippen LogP contribution is -2.09. The number of thioether (sulfide) groups is 1. The van der Waals surface area contributed by atoms with E-state index in [0.29, 0.717) is 4.90 Å². The zero-order chi connectivity index (χ0) is 12.0. The van der Waals surface area contributed by atoms with E-state index in [9.17, 15) is 18.0 Å². The topological polar surface area (TPSA) is 26.3 Å². The molecule has 1 aromatic carbocycles. The summed E-state index contributed by atoms with van der Waals surface area (Å²) in [7, 11) is 0. The standard InChI is InChI=1S/C9H7F3O2S2/c10-9(11,12)14-15-6-8(13)16-7-4-2-1-3-5-7/h1-5H,6H2.